The molecule has 1 aromatic rings. The van der Waals surface area contributed by atoms with Crippen molar-refractivity contribution in [1.82, 2.24) is 5.32 Å². The topological polar surface area (TPSA) is 49.4 Å². The van der Waals surface area contributed by atoms with Gasteiger partial charge in [0.2, 0.25) is 5.91 Å². The molecule has 6 heteroatoms. The van der Waals surface area contributed by atoms with Crippen LogP contribution in [0.1, 0.15) is 26.7 Å². The molecule has 1 N–H and O–H groups in total. The molecule has 2 unspecified atom stereocenters. The number of hydrogen-bond donors (Lipinski definition) is 1. The van der Waals surface area contributed by atoms with Crippen molar-refractivity contribution in [1.29, 1.82) is 0 Å². The lowest BCUT2D eigenvalue weighted by Crippen LogP contribution is -2.70. The molecule has 2 amide bonds. The van der Waals surface area contributed by atoms with Crippen molar-refractivity contribution in [2.45, 2.75) is 38.3 Å². The van der Waals surface area contributed by atoms with Crippen LogP contribution in [0.5, 0.6) is 0 Å². The number of piperazine rings is 1. The quantitative estimate of drug-likeness (QED) is 0.912. The number of anilines is 1. The first kappa shape index (κ1) is 14.3. The molecule has 2 atom stereocenters. The Morgan fingerprint density at radius 3 is 2.67 bits per heavy atom. The van der Waals surface area contributed by atoms with Gasteiger partial charge < -0.3 is 5.32 Å². The first-order valence-electron chi connectivity index (χ1n) is 6.95. The van der Waals surface area contributed by atoms with Crippen LogP contribution in [-0.2, 0) is 9.59 Å². The van der Waals surface area contributed by atoms with Crippen molar-refractivity contribution in [3.05, 3.63) is 29.0 Å². The monoisotopic (exact) mass is 310 g/mol. The van der Waals surface area contributed by atoms with Crippen LogP contribution in [0.15, 0.2) is 18.2 Å². The number of halogens is 2. The van der Waals surface area contributed by atoms with Crippen LogP contribution < -0.4 is 10.2 Å². The van der Waals surface area contributed by atoms with Crippen LogP contribution >= 0.6 is 11.6 Å². The van der Waals surface area contributed by atoms with Gasteiger partial charge in [-0.2, -0.15) is 0 Å². The van der Waals surface area contributed by atoms with E-state index in [9.17, 15) is 14.0 Å². The number of benzene rings is 1. The highest BCUT2D eigenvalue weighted by atomic mass is 35.5. The lowest BCUT2D eigenvalue weighted by atomic mass is 9.89. The summed E-state index contributed by atoms with van der Waals surface area (Å²) in [4.78, 5) is 26.4. The van der Waals surface area contributed by atoms with Gasteiger partial charge in [0.05, 0.1) is 10.7 Å². The first-order chi connectivity index (χ1) is 9.84. The van der Waals surface area contributed by atoms with Crippen molar-refractivity contribution < 1.29 is 14.0 Å². The van der Waals surface area contributed by atoms with E-state index in [2.05, 4.69) is 5.32 Å². The molecule has 1 aliphatic heterocycles. The molecule has 2 aliphatic rings. The van der Waals surface area contributed by atoms with E-state index in [-0.39, 0.29) is 28.4 Å². The largest absolute Gasteiger partial charge is 0.340 e. The summed E-state index contributed by atoms with van der Waals surface area (Å²) in [7, 11) is 0. The van der Waals surface area contributed by atoms with Crippen molar-refractivity contribution in [2.75, 3.05) is 4.90 Å². The van der Waals surface area contributed by atoms with Gasteiger partial charge in [-0.1, -0.05) is 11.6 Å². The summed E-state index contributed by atoms with van der Waals surface area (Å²) >= 11 is 6.10. The molecule has 1 aromatic carbocycles. The zero-order valence-electron chi connectivity index (χ0n) is 11.8. The summed E-state index contributed by atoms with van der Waals surface area (Å²) in [6.07, 6.45) is 1.81. The van der Waals surface area contributed by atoms with E-state index in [1.54, 1.807) is 13.8 Å². The molecule has 2 fully saturated rings. The second kappa shape index (κ2) is 4.70. The summed E-state index contributed by atoms with van der Waals surface area (Å²) in [5.41, 5.74) is -0.685. The maximum absolute atomic E-state index is 13.5. The number of hydrogen-bond acceptors (Lipinski definition) is 2. The molecular weight excluding hydrogens is 295 g/mol. The molecule has 0 radical (unpaired) electrons. The summed E-state index contributed by atoms with van der Waals surface area (Å²) in [5, 5.41) is 3.08. The summed E-state index contributed by atoms with van der Waals surface area (Å²) < 4.78 is 13.5. The third-order valence-electron chi connectivity index (χ3n) is 4.37. The first-order valence-corrected chi connectivity index (χ1v) is 7.33. The average Bonchev–Trinajstić information content (AvgIpc) is 3.25. The van der Waals surface area contributed by atoms with E-state index in [4.69, 9.17) is 11.6 Å². The summed E-state index contributed by atoms with van der Waals surface area (Å²) in [6, 6.07) is 3.10. The highest BCUT2D eigenvalue weighted by Gasteiger charge is 2.55. The van der Waals surface area contributed by atoms with E-state index in [0.717, 1.165) is 12.8 Å². The van der Waals surface area contributed by atoms with Gasteiger partial charge in [0.1, 0.15) is 17.4 Å². The molecule has 3 rings (SSSR count). The van der Waals surface area contributed by atoms with E-state index >= 15 is 0 Å². The predicted molar refractivity (Wildman–Crippen MR) is 77.6 cm³/mol. The normalized spacial score (nSPS) is 29.5. The van der Waals surface area contributed by atoms with E-state index < -0.39 is 17.4 Å². The molecule has 0 aromatic heterocycles. The minimum absolute atomic E-state index is 0.135. The minimum atomic E-state index is -0.931. The predicted octanol–water partition coefficient (Wildman–Crippen LogP) is 2.50. The standard InChI is InChI=1S/C15H16ClFN2O2/c1-8-13(20)18-15(2,9-3-4-9)14(21)19(8)12-7-10(17)5-6-11(12)16/h5-9H,3-4H2,1-2H3,(H,18,20). The van der Waals surface area contributed by atoms with Crippen LogP contribution in [0.2, 0.25) is 5.02 Å². The molecule has 21 heavy (non-hydrogen) atoms. The van der Waals surface area contributed by atoms with Crippen LogP contribution in [0.3, 0.4) is 0 Å². The Hall–Kier alpha value is -1.62. The van der Waals surface area contributed by atoms with Crippen LogP contribution in [-0.4, -0.2) is 23.4 Å². The fourth-order valence-electron chi connectivity index (χ4n) is 2.88. The Kier molecular flexibility index (Phi) is 3.20. The zero-order valence-corrected chi connectivity index (χ0v) is 12.6. The highest BCUT2D eigenvalue weighted by Crippen LogP contribution is 2.43. The van der Waals surface area contributed by atoms with Crippen molar-refractivity contribution in [3.63, 3.8) is 0 Å². The van der Waals surface area contributed by atoms with Gasteiger partial charge in [-0.15, -0.1) is 0 Å². The van der Waals surface area contributed by atoms with Gasteiger partial charge in [-0.25, -0.2) is 4.39 Å². The molecule has 1 saturated carbocycles. The fourth-order valence-corrected chi connectivity index (χ4v) is 3.09. The lowest BCUT2D eigenvalue weighted by molar-refractivity contribution is -0.138. The number of carbonyl (C=O) groups is 2. The van der Waals surface area contributed by atoms with Gasteiger partial charge >= 0.3 is 0 Å². The van der Waals surface area contributed by atoms with Crippen molar-refractivity contribution >= 4 is 29.1 Å². The van der Waals surface area contributed by atoms with Crippen LogP contribution in [0.4, 0.5) is 10.1 Å². The van der Waals surface area contributed by atoms with Gasteiger partial charge in [0.15, 0.2) is 0 Å². The highest BCUT2D eigenvalue weighted by molar-refractivity contribution is 6.34. The zero-order chi connectivity index (χ0) is 15.4. The number of amides is 2. The molecule has 4 nitrogen and oxygen atoms in total. The van der Waals surface area contributed by atoms with Gasteiger partial charge in [-0.3, -0.25) is 14.5 Å². The number of rotatable bonds is 2. The Morgan fingerprint density at radius 1 is 1.38 bits per heavy atom. The SMILES string of the molecule is CC1C(=O)NC(C)(C2CC2)C(=O)N1c1cc(F)ccc1Cl. The second-order valence-corrected chi connectivity index (χ2v) is 6.32. The molecule has 1 saturated heterocycles. The van der Waals surface area contributed by atoms with Crippen molar-refractivity contribution in [2.24, 2.45) is 5.92 Å². The van der Waals surface area contributed by atoms with E-state index in [0.29, 0.717) is 0 Å². The lowest BCUT2D eigenvalue weighted by Gasteiger charge is -2.43. The number of nitrogens with one attached hydrogen (secondary N) is 1. The maximum Gasteiger partial charge on any atom is 0.253 e. The average molecular weight is 311 g/mol. The fraction of sp³-hybridized carbons (Fsp3) is 0.467. The Balaban J connectivity index is 2.07. The van der Waals surface area contributed by atoms with Crippen molar-refractivity contribution in [3.8, 4) is 0 Å². The van der Waals surface area contributed by atoms with E-state index in [1.807, 2.05) is 0 Å². The molecule has 1 heterocycles. The molecule has 1 aliphatic carbocycles. The third-order valence-corrected chi connectivity index (χ3v) is 4.69. The number of carbonyl (C=O) groups excluding carboxylic acids is 2. The Bertz CT molecular complexity index is 632. The molecule has 112 valence electrons. The Morgan fingerprint density at radius 2 is 2.05 bits per heavy atom. The minimum Gasteiger partial charge on any atom is -0.340 e. The van der Waals surface area contributed by atoms with Crippen LogP contribution in [0, 0.1) is 11.7 Å². The summed E-state index contributed by atoms with van der Waals surface area (Å²) in [5.74, 6) is -0.835. The van der Waals surface area contributed by atoms with Crippen LogP contribution in [0.25, 0.3) is 0 Å². The van der Waals surface area contributed by atoms with Gasteiger partial charge in [0, 0.05) is 0 Å². The number of nitrogens with zero attached hydrogens (tertiary/aromatic N) is 1. The van der Waals surface area contributed by atoms with E-state index in [1.165, 1.54) is 23.1 Å². The Labute approximate surface area is 127 Å². The third kappa shape index (κ3) is 2.20. The molecular formula is C15H16ClFN2O2. The summed E-state index contributed by atoms with van der Waals surface area (Å²) in [6.45, 7) is 3.35. The van der Waals surface area contributed by atoms with Gasteiger partial charge in [-0.05, 0) is 50.8 Å². The molecule has 0 bridgehead atoms. The maximum atomic E-state index is 13.5. The smallest absolute Gasteiger partial charge is 0.253 e. The molecule has 0 spiro atoms. The second-order valence-electron chi connectivity index (χ2n) is 5.91. The van der Waals surface area contributed by atoms with Gasteiger partial charge in [0.25, 0.3) is 5.91 Å².